The molecule has 0 saturated heterocycles. The SMILES string of the molecule is COc1cc(-c2noc(C(C)(C)N)n2)ncn1. The third kappa shape index (κ3) is 2.39. The topological polar surface area (TPSA) is 100.0 Å². The molecule has 0 aliphatic carbocycles. The smallest absolute Gasteiger partial charge is 0.246 e. The number of methoxy groups -OCH3 is 1. The molecule has 0 aliphatic heterocycles. The van der Waals surface area contributed by atoms with E-state index in [2.05, 4.69) is 20.1 Å². The number of ether oxygens (including phenoxy) is 1. The molecule has 2 aromatic rings. The van der Waals surface area contributed by atoms with E-state index in [9.17, 15) is 0 Å². The lowest BCUT2D eigenvalue weighted by atomic mass is 10.1. The second-order valence-electron chi connectivity index (χ2n) is 4.09. The van der Waals surface area contributed by atoms with E-state index in [1.54, 1.807) is 19.9 Å². The van der Waals surface area contributed by atoms with Crippen LogP contribution in [0.25, 0.3) is 11.5 Å². The molecule has 0 amide bonds. The van der Waals surface area contributed by atoms with Crippen LogP contribution in [0.2, 0.25) is 0 Å². The van der Waals surface area contributed by atoms with Crippen molar-refractivity contribution in [1.29, 1.82) is 0 Å². The predicted molar refractivity (Wildman–Crippen MR) is 59.1 cm³/mol. The first kappa shape index (κ1) is 11.5. The Kier molecular flexibility index (Phi) is 2.76. The molecule has 0 aliphatic rings. The molecule has 2 heterocycles. The molecule has 0 bridgehead atoms. The summed E-state index contributed by atoms with van der Waals surface area (Å²) in [4.78, 5) is 12.1. The molecule has 0 aromatic carbocycles. The van der Waals surface area contributed by atoms with Gasteiger partial charge in [-0.1, -0.05) is 5.16 Å². The fraction of sp³-hybridized carbons (Fsp3) is 0.400. The number of hydrogen-bond donors (Lipinski definition) is 1. The molecular formula is C10H13N5O2. The average Bonchev–Trinajstić information content (AvgIpc) is 2.78. The zero-order valence-corrected chi connectivity index (χ0v) is 9.84. The molecule has 0 fully saturated rings. The Bertz CT molecular complexity index is 517. The van der Waals surface area contributed by atoms with E-state index in [0.29, 0.717) is 23.3 Å². The zero-order valence-electron chi connectivity index (χ0n) is 9.84. The summed E-state index contributed by atoms with van der Waals surface area (Å²) in [5.41, 5.74) is 5.70. The fourth-order valence-corrected chi connectivity index (χ4v) is 1.16. The van der Waals surface area contributed by atoms with Gasteiger partial charge in [-0.25, -0.2) is 9.97 Å². The Morgan fingerprint density at radius 1 is 1.35 bits per heavy atom. The molecule has 0 spiro atoms. The van der Waals surface area contributed by atoms with Crippen LogP contribution in [-0.4, -0.2) is 27.2 Å². The van der Waals surface area contributed by atoms with E-state index in [0.717, 1.165) is 0 Å². The predicted octanol–water partition coefficient (Wildman–Crippen LogP) is 0.729. The van der Waals surface area contributed by atoms with E-state index < -0.39 is 5.54 Å². The lowest BCUT2D eigenvalue weighted by Gasteiger charge is -2.10. The van der Waals surface area contributed by atoms with Crippen molar-refractivity contribution in [3.05, 3.63) is 18.3 Å². The van der Waals surface area contributed by atoms with Gasteiger partial charge >= 0.3 is 0 Å². The fourth-order valence-electron chi connectivity index (χ4n) is 1.16. The molecule has 7 nitrogen and oxygen atoms in total. The van der Waals surface area contributed by atoms with E-state index in [1.807, 2.05) is 0 Å². The van der Waals surface area contributed by atoms with Crippen LogP contribution in [0.4, 0.5) is 0 Å². The molecular weight excluding hydrogens is 222 g/mol. The maximum atomic E-state index is 5.85. The summed E-state index contributed by atoms with van der Waals surface area (Å²) in [7, 11) is 1.52. The lowest BCUT2D eigenvalue weighted by Crippen LogP contribution is -2.28. The number of nitrogens with two attached hydrogens (primary N) is 1. The van der Waals surface area contributed by atoms with Crippen LogP contribution in [0.5, 0.6) is 5.88 Å². The maximum absolute atomic E-state index is 5.85. The summed E-state index contributed by atoms with van der Waals surface area (Å²) in [5.74, 6) is 1.15. The van der Waals surface area contributed by atoms with Crippen LogP contribution in [0.3, 0.4) is 0 Å². The van der Waals surface area contributed by atoms with Crippen LogP contribution >= 0.6 is 0 Å². The van der Waals surface area contributed by atoms with E-state index in [1.165, 1.54) is 13.4 Å². The van der Waals surface area contributed by atoms with Crippen molar-refractivity contribution in [2.45, 2.75) is 19.4 Å². The van der Waals surface area contributed by atoms with Gasteiger partial charge in [0, 0.05) is 6.07 Å². The molecule has 17 heavy (non-hydrogen) atoms. The second-order valence-corrected chi connectivity index (χ2v) is 4.09. The molecule has 0 saturated carbocycles. The van der Waals surface area contributed by atoms with Gasteiger partial charge in [-0.3, -0.25) is 0 Å². The van der Waals surface area contributed by atoms with Crippen LogP contribution in [-0.2, 0) is 5.54 Å². The first-order valence-corrected chi connectivity index (χ1v) is 5.00. The van der Waals surface area contributed by atoms with Crippen LogP contribution in [0.15, 0.2) is 16.9 Å². The minimum atomic E-state index is -0.678. The third-order valence-electron chi connectivity index (χ3n) is 2.06. The first-order valence-electron chi connectivity index (χ1n) is 5.00. The van der Waals surface area contributed by atoms with Gasteiger partial charge in [-0.15, -0.1) is 0 Å². The second kappa shape index (κ2) is 4.10. The number of nitrogens with zero attached hydrogens (tertiary/aromatic N) is 4. The highest BCUT2D eigenvalue weighted by Gasteiger charge is 2.23. The van der Waals surface area contributed by atoms with Gasteiger partial charge < -0.3 is 15.0 Å². The van der Waals surface area contributed by atoms with Crippen LogP contribution in [0, 0.1) is 0 Å². The normalized spacial score (nSPS) is 11.5. The Hall–Kier alpha value is -2.02. The summed E-state index contributed by atoms with van der Waals surface area (Å²) in [6.07, 6.45) is 1.37. The Morgan fingerprint density at radius 3 is 2.71 bits per heavy atom. The first-order chi connectivity index (χ1) is 8.00. The van der Waals surface area contributed by atoms with Crippen molar-refractivity contribution in [2.24, 2.45) is 5.73 Å². The monoisotopic (exact) mass is 235 g/mol. The van der Waals surface area contributed by atoms with Crippen molar-refractivity contribution in [3.63, 3.8) is 0 Å². The molecule has 2 N–H and O–H groups in total. The van der Waals surface area contributed by atoms with Gasteiger partial charge in [0.15, 0.2) is 0 Å². The molecule has 7 heteroatoms. The molecule has 2 rings (SSSR count). The van der Waals surface area contributed by atoms with Crippen molar-refractivity contribution in [3.8, 4) is 17.4 Å². The average molecular weight is 235 g/mol. The Morgan fingerprint density at radius 2 is 2.12 bits per heavy atom. The van der Waals surface area contributed by atoms with Crippen molar-refractivity contribution < 1.29 is 9.26 Å². The van der Waals surface area contributed by atoms with Gasteiger partial charge in [0.05, 0.1) is 12.6 Å². The quantitative estimate of drug-likeness (QED) is 0.836. The highest BCUT2D eigenvalue weighted by Crippen LogP contribution is 2.20. The van der Waals surface area contributed by atoms with E-state index >= 15 is 0 Å². The summed E-state index contributed by atoms with van der Waals surface area (Å²) in [5, 5.41) is 3.82. The number of aromatic nitrogens is 4. The van der Waals surface area contributed by atoms with Crippen molar-refractivity contribution in [2.75, 3.05) is 7.11 Å². The summed E-state index contributed by atoms with van der Waals surface area (Å²) < 4.78 is 10.1. The molecule has 90 valence electrons. The summed E-state index contributed by atoms with van der Waals surface area (Å²) in [6, 6.07) is 1.62. The van der Waals surface area contributed by atoms with Crippen LogP contribution in [0.1, 0.15) is 19.7 Å². The van der Waals surface area contributed by atoms with E-state index in [4.69, 9.17) is 15.0 Å². The van der Waals surface area contributed by atoms with Crippen molar-refractivity contribution >= 4 is 0 Å². The van der Waals surface area contributed by atoms with Gasteiger partial charge in [0.25, 0.3) is 0 Å². The highest BCUT2D eigenvalue weighted by molar-refractivity contribution is 5.49. The van der Waals surface area contributed by atoms with Crippen molar-refractivity contribution in [1.82, 2.24) is 20.1 Å². The molecule has 0 atom stereocenters. The van der Waals surface area contributed by atoms with Gasteiger partial charge in [-0.2, -0.15) is 4.98 Å². The lowest BCUT2D eigenvalue weighted by molar-refractivity contribution is 0.312. The summed E-state index contributed by atoms with van der Waals surface area (Å²) >= 11 is 0. The third-order valence-corrected chi connectivity index (χ3v) is 2.06. The van der Waals surface area contributed by atoms with Gasteiger partial charge in [0.1, 0.15) is 12.0 Å². The highest BCUT2D eigenvalue weighted by atomic mass is 16.5. The van der Waals surface area contributed by atoms with Crippen LogP contribution < -0.4 is 10.5 Å². The molecule has 0 unspecified atom stereocenters. The van der Waals surface area contributed by atoms with E-state index in [-0.39, 0.29) is 0 Å². The Labute approximate surface area is 98.0 Å². The zero-order chi connectivity index (χ0) is 12.5. The van der Waals surface area contributed by atoms with Gasteiger partial charge in [0.2, 0.25) is 17.6 Å². The standard InChI is InChI=1S/C10H13N5O2/c1-10(2,11)9-14-8(15-17-9)6-4-7(16-3)13-5-12-6/h4-5H,11H2,1-3H3. The van der Waals surface area contributed by atoms with Gasteiger partial charge in [-0.05, 0) is 13.8 Å². The number of hydrogen-bond acceptors (Lipinski definition) is 7. The molecule has 0 radical (unpaired) electrons. The maximum Gasteiger partial charge on any atom is 0.246 e. The minimum absolute atomic E-state index is 0.352. The Balaban J connectivity index is 2.37. The molecule has 2 aromatic heterocycles. The number of rotatable bonds is 3. The minimum Gasteiger partial charge on any atom is -0.481 e. The summed E-state index contributed by atoms with van der Waals surface area (Å²) in [6.45, 7) is 3.57. The largest absolute Gasteiger partial charge is 0.481 e.